The fourth-order valence-electron chi connectivity index (χ4n) is 1.39. The van der Waals surface area contributed by atoms with Crippen LogP contribution < -0.4 is 4.72 Å². The second-order valence-electron chi connectivity index (χ2n) is 3.69. The highest BCUT2D eigenvalue weighted by atomic mass is 32.2. The molecule has 8 heteroatoms. The van der Waals surface area contributed by atoms with Crippen LogP contribution in [0.3, 0.4) is 0 Å². The van der Waals surface area contributed by atoms with Gasteiger partial charge < -0.3 is 9.67 Å². The van der Waals surface area contributed by atoms with Crippen molar-refractivity contribution >= 4 is 21.4 Å². The molecule has 0 aliphatic heterocycles. The number of thiophene rings is 1. The second-order valence-corrected chi connectivity index (χ2v) is 6.45. The van der Waals surface area contributed by atoms with Crippen LogP contribution in [0, 0.1) is 0 Å². The van der Waals surface area contributed by atoms with Crippen LogP contribution >= 0.6 is 11.3 Å². The van der Waals surface area contributed by atoms with Gasteiger partial charge in [-0.3, -0.25) is 0 Å². The maximum atomic E-state index is 11.9. The molecule has 0 aliphatic rings. The lowest BCUT2D eigenvalue weighted by molar-refractivity contribution is 0.285. The van der Waals surface area contributed by atoms with E-state index in [4.69, 9.17) is 5.11 Å². The number of imidazole rings is 1. The maximum Gasteiger partial charge on any atom is 0.241 e. The predicted molar refractivity (Wildman–Crippen MR) is 67.5 cm³/mol. The predicted octanol–water partition coefficient (Wildman–Crippen LogP) is 0.452. The first-order valence-corrected chi connectivity index (χ1v) is 7.53. The van der Waals surface area contributed by atoms with Crippen LogP contribution in [0.25, 0.3) is 0 Å². The molecular weight excluding hydrogens is 274 g/mol. The summed E-state index contributed by atoms with van der Waals surface area (Å²) in [4.78, 5) is 4.82. The van der Waals surface area contributed by atoms with E-state index >= 15 is 0 Å². The van der Waals surface area contributed by atoms with Gasteiger partial charge in [-0.1, -0.05) is 0 Å². The van der Waals surface area contributed by atoms with Crippen molar-refractivity contribution in [2.75, 3.05) is 0 Å². The highest BCUT2D eigenvalue weighted by molar-refractivity contribution is 7.89. The lowest BCUT2D eigenvalue weighted by atomic mass is 10.5. The number of rotatable bonds is 5. The highest BCUT2D eigenvalue weighted by Crippen LogP contribution is 2.19. The molecule has 18 heavy (non-hydrogen) atoms. The van der Waals surface area contributed by atoms with Gasteiger partial charge in [0.25, 0.3) is 0 Å². The van der Waals surface area contributed by atoms with Crippen LogP contribution in [0.5, 0.6) is 0 Å². The minimum Gasteiger partial charge on any atom is -0.391 e. The molecule has 0 fully saturated rings. The SMILES string of the molecule is Cn1ccnc1CNS(=O)(=O)c1csc(CO)c1. The van der Waals surface area contributed by atoms with Crippen LogP contribution in [0.15, 0.2) is 28.7 Å². The van der Waals surface area contributed by atoms with Crippen LogP contribution in [0.1, 0.15) is 10.7 Å². The number of nitrogens with zero attached hydrogens (tertiary/aromatic N) is 2. The Morgan fingerprint density at radius 3 is 2.89 bits per heavy atom. The quantitative estimate of drug-likeness (QED) is 0.836. The summed E-state index contributed by atoms with van der Waals surface area (Å²) in [5, 5.41) is 10.4. The molecule has 0 amide bonds. The van der Waals surface area contributed by atoms with E-state index in [-0.39, 0.29) is 18.0 Å². The van der Waals surface area contributed by atoms with Gasteiger partial charge in [0.2, 0.25) is 10.0 Å². The van der Waals surface area contributed by atoms with Crippen molar-refractivity contribution in [3.63, 3.8) is 0 Å². The van der Waals surface area contributed by atoms with E-state index < -0.39 is 10.0 Å². The standard InChI is InChI=1S/C10H13N3O3S2/c1-13-3-2-11-10(13)5-12-18(15,16)9-4-8(6-14)17-7-9/h2-4,7,12,14H,5-6H2,1H3. The van der Waals surface area contributed by atoms with Crippen LogP contribution in [-0.2, 0) is 30.2 Å². The van der Waals surface area contributed by atoms with Gasteiger partial charge in [-0.2, -0.15) is 0 Å². The third kappa shape index (κ3) is 2.78. The number of aliphatic hydroxyl groups excluding tert-OH is 1. The number of aromatic nitrogens is 2. The van der Waals surface area contributed by atoms with Crippen LogP contribution in [-0.4, -0.2) is 23.1 Å². The van der Waals surface area contributed by atoms with Gasteiger partial charge in [-0.05, 0) is 6.07 Å². The first-order valence-electron chi connectivity index (χ1n) is 5.17. The van der Waals surface area contributed by atoms with Crippen molar-refractivity contribution in [3.05, 3.63) is 34.5 Å². The van der Waals surface area contributed by atoms with Gasteiger partial charge in [0.15, 0.2) is 0 Å². The molecule has 0 aliphatic carbocycles. The molecule has 0 bridgehead atoms. The summed E-state index contributed by atoms with van der Waals surface area (Å²) in [6.45, 7) is -0.0182. The Kier molecular flexibility index (Phi) is 3.81. The first kappa shape index (κ1) is 13.2. The zero-order chi connectivity index (χ0) is 13.2. The minimum absolute atomic E-state index is 0.135. The van der Waals surface area contributed by atoms with Gasteiger partial charge in [0, 0.05) is 29.7 Å². The minimum atomic E-state index is -3.55. The molecule has 0 aromatic carbocycles. The fraction of sp³-hybridized carbons (Fsp3) is 0.300. The molecule has 2 heterocycles. The van der Waals surface area contributed by atoms with Crippen molar-refractivity contribution in [2.24, 2.45) is 7.05 Å². The Morgan fingerprint density at radius 1 is 1.56 bits per heavy atom. The molecule has 2 rings (SSSR count). The van der Waals surface area contributed by atoms with Gasteiger partial charge in [-0.25, -0.2) is 18.1 Å². The molecular formula is C10H13N3O3S2. The van der Waals surface area contributed by atoms with Crippen molar-refractivity contribution in [3.8, 4) is 0 Å². The Balaban J connectivity index is 2.10. The normalized spacial score (nSPS) is 11.9. The molecule has 2 aromatic rings. The van der Waals surface area contributed by atoms with Crippen molar-refractivity contribution in [2.45, 2.75) is 18.0 Å². The second kappa shape index (κ2) is 5.19. The largest absolute Gasteiger partial charge is 0.391 e. The zero-order valence-corrected chi connectivity index (χ0v) is 11.3. The van der Waals surface area contributed by atoms with E-state index in [2.05, 4.69) is 9.71 Å². The summed E-state index contributed by atoms with van der Waals surface area (Å²) in [5.74, 6) is 0.635. The van der Waals surface area contributed by atoms with Gasteiger partial charge >= 0.3 is 0 Å². The summed E-state index contributed by atoms with van der Waals surface area (Å²) in [7, 11) is -1.75. The van der Waals surface area contributed by atoms with E-state index in [1.807, 2.05) is 0 Å². The van der Waals surface area contributed by atoms with Gasteiger partial charge in [0.05, 0.1) is 18.0 Å². The Labute approximate surface area is 109 Å². The van der Waals surface area contributed by atoms with Crippen molar-refractivity contribution in [1.82, 2.24) is 14.3 Å². The van der Waals surface area contributed by atoms with E-state index in [0.29, 0.717) is 10.7 Å². The number of aryl methyl sites for hydroxylation is 1. The van der Waals surface area contributed by atoms with Crippen molar-refractivity contribution < 1.29 is 13.5 Å². The Hall–Kier alpha value is -1.22. The maximum absolute atomic E-state index is 11.9. The average molecular weight is 287 g/mol. The van der Waals surface area contributed by atoms with E-state index in [1.54, 1.807) is 24.0 Å². The van der Waals surface area contributed by atoms with Crippen molar-refractivity contribution in [1.29, 1.82) is 0 Å². The fourth-order valence-corrected chi connectivity index (χ4v) is 3.51. The number of nitrogens with one attached hydrogen (secondary N) is 1. The number of aliphatic hydroxyl groups is 1. The van der Waals surface area contributed by atoms with E-state index in [9.17, 15) is 8.42 Å². The number of sulfonamides is 1. The lowest BCUT2D eigenvalue weighted by Crippen LogP contribution is -2.24. The topological polar surface area (TPSA) is 84.2 Å². The van der Waals surface area contributed by atoms with Crippen LogP contribution in [0.4, 0.5) is 0 Å². The monoisotopic (exact) mass is 287 g/mol. The van der Waals surface area contributed by atoms with Gasteiger partial charge in [0.1, 0.15) is 5.82 Å². The summed E-state index contributed by atoms with van der Waals surface area (Å²) < 4.78 is 28.1. The molecule has 0 unspecified atom stereocenters. The molecule has 98 valence electrons. The molecule has 0 radical (unpaired) electrons. The lowest BCUT2D eigenvalue weighted by Gasteiger charge is -2.04. The highest BCUT2D eigenvalue weighted by Gasteiger charge is 2.16. The molecule has 0 saturated heterocycles. The van der Waals surface area contributed by atoms with E-state index in [0.717, 1.165) is 0 Å². The molecule has 2 N–H and O–H groups in total. The van der Waals surface area contributed by atoms with E-state index in [1.165, 1.54) is 22.8 Å². The van der Waals surface area contributed by atoms with Gasteiger partial charge in [-0.15, -0.1) is 11.3 Å². The molecule has 0 spiro atoms. The zero-order valence-electron chi connectivity index (χ0n) is 9.70. The number of hydrogen-bond donors (Lipinski definition) is 2. The Morgan fingerprint density at radius 2 is 2.33 bits per heavy atom. The third-order valence-electron chi connectivity index (χ3n) is 2.44. The average Bonchev–Trinajstić information content (AvgIpc) is 2.95. The molecule has 0 atom stereocenters. The summed E-state index contributed by atoms with van der Waals surface area (Å²) in [6.07, 6.45) is 3.36. The third-order valence-corrected chi connectivity index (χ3v) is 4.89. The molecule has 2 aromatic heterocycles. The smallest absolute Gasteiger partial charge is 0.241 e. The Bertz CT molecular complexity index is 630. The number of hydrogen-bond acceptors (Lipinski definition) is 5. The summed E-state index contributed by atoms with van der Waals surface area (Å²) >= 11 is 1.21. The molecule has 0 saturated carbocycles. The van der Waals surface area contributed by atoms with Crippen LogP contribution in [0.2, 0.25) is 0 Å². The first-order chi connectivity index (χ1) is 8.53. The summed E-state index contributed by atoms with van der Waals surface area (Å²) in [6, 6.07) is 1.46. The summed E-state index contributed by atoms with van der Waals surface area (Å²) in [5.41, 5.74) is 0. The molecule has 6 nitrogen and oxygen atoms in total.